The Morgan fingerprint density at radius 2 is 1.74 bits per heavy atom. The summed E-state index contributed by atoms with van der Waals surface area (Å²) in [6.45, 7) is 0.679. The zero-order chi connectivity index (χ0) is 21.9. The Kier molecular flexibility index (Phi) is 8.27. The molecule has 2 aromatic carbocycles. The number of aromatic hydroxyl groups is 2. The third kappa shape index (κ3) is 7.28. The van der Waals surface area contributed by atoms with Crippen molar-refractivity contribution >= 4 is 12.1 Å². The summed E-state index contributed by atoms with van der Waals surface area (Å²) in [6.07, 6.45) is 12.9. The molecule has 0 saturated carbocycles. The highest BCUT2D eigenvalue weighted by Crippen LogP contribution is 2.32. The first-order valence-corrected chi connectivity index (χ1v) is 11.1. The first kappa shape index (κ1) is 22.6. The van der Waals surface area contributed by atoms with Gasteiger partial charge in [0, 0.05) is 19.2 Å². The third-order valence-corrected chi connectivity index (χ3v) is 5.80. The molecule has 0 bridgehead atoms. The predicted molar refractivity (Wildman–Crippen MR) is 125 cm³/mol. The van der Waals surface area contributed by atoms with Gasteiger partial charge in [-0.3, -0.25) is 9.79 Å². The highest BCUT2D eigenvalue weighted by Gasteiger charge is 2.27. The van der Waals surface area contributed by atoms with Gasteiger partial charge >= 0.3 is 0 Å². The molecule has 5 nitrogen and oxygen atoms in total. The summed E-state index contributed by atoms with van der Waals surface area (Å²) in [5.74, 6) is -0.0584. The van der Waals surface area contributed by atoms with E-state index in [9.17, 15) is 15.0 Å². The van der Waals surface area contributed by atoms with Crippen LogP contribution in [0.4, 0.5) is 0 Å². The molecule has 31 heavy (non-hydrogen) atoms. The lowest BCUT2D eigenvalue weighted by Gasteiger charge is -2.24. The van der Waals surface area contributed by atoms with Crippen LogP contribution in [0.25, 0.3) is 0 Å². The van der Waals surface area contributed by atoms with Crippen LogP contribution in [0.15, 0.2) is 65.7 Å². The molecule has 3 rings (SSSR count). The Balaban J connectivity index is 1.33. The van der Waals surface area contributed by atoms with Gasteiger partial charge in [-0.1, -0.05) is 55.3 Å². The van der Waals surface area contributed by atoms with E-state index in [2.05, 4.69) is 23.5 Å². The molecule has 1 unspecified atom stereocenters. The summed E-state index contributed by atoms with van der Waals surface area (Å²) in [6, 6.07) is 15.2. The van der Waals surface area contributed by atoms with Gasteiger partial charge in [0.2, 0.25) is 5.91 Å². The van der Waals surface area contributed by atoms with E-state index >= 15 is 0 Å². The van der Waals surface area contributed by atoms with Gasteiger partial charge in [-0.15, -0.1) is 0 Å². The average Bonchev–Trinajstić information content (AvgIpc) is 3.24. The topological polar surface area (TPSA) is 81.9 Å². The van der Waals surface area contributed by atoms with Crippen LogP contribution in [0.3, 0.4) is 0 Å². The van der Waals surface area contributed by atoms with E-state index in [1.165, 1.54) is 11.6 Å². The van der Waals surface area contributed by atoms with Crippen LogP contribution in [0.5, 0.6) is 11.5 Å². The zero-order valence-electron chi connectivity index (χ0n) is 18.0. The molecule has 0 saturated heterocycles. The van der Waals surface area contributed by atoms with Crippen molar-refractivity contribution in [2.24, 2.45) is 4.99 Å². The van der Waals surface area contributed by atoms with Gasteiger partial charge in [0.05, 0.1) is 5.54 Å². The van der Waals surface area contributed by atoms with Gasteiger partial charge in [0.15, 0.2) is 11.5 Å². The zero-order valence-corrected chi connectivity index (χ0v) is 18.0. The van der Waals surface area contributed by atoms with Crippen molar-refractivity contribution in [3.05, 3.63) is 71.8 Å². The van der Waals surface area contributed by atoms with Crippen molar-refractivity contribution in [2.75, 3.05) is 6.54 Å². The standard InChI is InChI=1S/C26H32N2O3/c29-23-12-11-22(20-24(23)30)13-17-26(16-7-18-28-26)15-6-2-5-10-25(31)27-19-14-21-8-3-1-4-9-21/h1,3-4,7-9,11-12,16,18,20,29-30H,2,5-6,10,13-15,17,19H2,(H,27,31). The predicted octanol–water partition coefficient (Wildman–Crippen LogP) is 4.72. The summed E-state index contributed by atoms with van der Waals surface area (Å²) in [5.41, 5.74) is 2.02. The Morgan fingerprint density at radius 3 is 2.48 bits per heavy atom. The molecular weight excluding hydrogens is 388 g/mol. The van der Waals surface area contributed by atoms with E-state index < -0.39 is 0 Å². The number of phenols is 2. The molecule has 0 aliphatic carbocycles. The van der Waals surface area contributed by atoms with E-state index in [0.717, 1.165) is 50.5 Å². The van der Waals surface area contributed by atoms with Crippen LogP contribution in [-0.2, 0) is 17.6 Å². The van der Waals surface area contributed by atoms with Crippen LogP contribution < -0.4 is 5.32 Å². The van der Waals surface area contributed by atoms with Crippen molar-refractivity contribution in [2.45, 2.75) is 56.9 Å². The van der Waals surface area contributed by atoms with Crippen LogP contribution in [0.1, 0.15) is 49.7 Å². The second-order valence-corrected chi connectivity index (χ2v) is 8.21. The highest BCUT2D eigenvalue weighted by atomic mass is 16.3. The fraction of sp³-hybridized carbons (Fsp3) is 0.385. The Labute approximate surface area is 184 Å². The largest absolute Gasteiger partial charge is 0.504 e. The van der Waals surface area contributed by atoms with Gasteiger partial charge in [-0.05, 0) is 61.4 Å². The first-order chi connectivity index (χ1) is 15.1. The number of unbranched alkanes of at least 4 members (excludes halogenated alkanes) is 2. The summed E-state index contributed by atoms with van der Waals surface area (Å²) < 4.78 is 0. The lowest BCUT2D eigenvalue weighted by atomic mass is 9.87. The number of nitrogens with one attached hydrogen (secondary N) is 1. The Bertz CT molecular complexity index is 894. The molecule has 1 heterocycles. The maximum absolute atomic E-state index is 12.0. The SMILES string of the molecule is O=C(CCCCCC1(CCc2ccc(O)c(O)c2)C=CC=N1)NCCc1ccccc1. The van der Waals surface area contributed by atoms with Crippen molar-refractivity contribution in [1.29, 1.82) is 0 Å². The first-order valence-electron chi connectivity index (χ1n) is 11.1. The lowest BCUT2D eigenvalue weighted by molar-refractivity contribution is -0.121. The highest BCUT2D eigenvalue weighted by molar-refractivity contribution is 5.76. The number of hydrogen-bond acceptors (Lipinski definition) is 4. The van der Waals surface area contributed by atoms with Gasteiger partial charge < -0.3 is 15.5 Å². The Morgan fingerprint density at radius 1 is 0.903 bits per heavy atom. The second-order valence-electron chi connectivity index (χ2n) is 8.21. The molecule has 1 aliphatic heterocycles. The normalized spacial score (nSPS) is 17.2. The van der Waals surface area contributed by atoms with E-state index in [0.29, 0.717) is 13.0 Å². The van der Waals surface area contributed by atoms with Crippen LogP contribution in [0.2, 0.25) is 0 Å². The fourth-order valence-corrected chi connectivity index (χ4v) is 3.94. The number of carbonyl (C=O) groups excluding carboxylic acids is 1. The van der Waals surface area contributed by atoms with Gasteiger partial charge in [-0.25, -0.2) is 0 Å². The number of carbonyl (C=O) groups is 1. The smallest absolute Gasteiger partial charge is 0.220 e. The van der Waals surface area contributed by atoms with Gasteiger partial charge in [0.1, 0.15) is 0 Å². The lowest BCUT2D eigenvalue weighted by Crippen LogP contribution is -2.25. The number of aliphatic imine (C=N–C) groups is 1. The van der Waals surface area contributed by atoms with Crippen molar-refractivity contribution in [1.82, 2.24) is 5.32 Å². The number of nitrogens with zero attached hydrogens (tertiary/aromatic N) is 1. The number of aryl methyl sites for hydroxylation is 1. The molecule has 3 N–H and O–H groups in total. The Hall–Kier alpha value is -3.08. The average molecular weight is 421 g/mol. The monoisotopic (exact) mass is 420 g/mol. The molecule has 0 spiro atoms. The summed E-state index contributed by atoms with van der Waals surface area (Å²) in [5, 5.41) is 22.2. The van der Waals surface area contributed by atoms with E-state index in [-0.39, 0.29) is 22.9 Å². The number of allylic oxidation sites excluding steroid dienone is 1. The second kappa shape index (κ2) is 11.3. The quantitative estimate of drug-likeness (QED) is 0.343. The van der Waals surface area contributed by atoms with Crippen molar-refractivity contribution in [3.63, 3.8) is 0 Å². The molecule has 1 aliphatic rings. The molecule has 1 atom stereocenters. The molecular formula is C26H32N2O3. The number of amides is 1. The molecule has 0 fully saturated rings. The molecule has 0 aromatic heterocycles. The van der Waals surface area contributed by atoms with Crippen LogP contribution in [0, 0.1) is 0 Å². The number of phenolic OH excluding ortho intramolecular Hbond substituents is 2. The van der Waals surface area contributed by atoms with Crippen molar-refractivity contribution in [3.8, 4) is 11.5 Å². The third-order valence-electron chi connectivity index (χ3n) is 5.80. The number of benzene rings is 2. The molecule has 1 amide bonds. The number of rotatable bonds is 12. The minimum atomic E-state index is -0.203. The minimum absolute atomic E-state index is 0.0842. The summed E-state index contributed by atoms with van der Waals surface area (Å²) in [4.78, 5) is 16.7. The number of hydrogen-bond donors (Lipinski definition) is 3. The van der Waals surface area contributed by atoms with Gasteiger partial charge in [0.25, 0.3) is 0 Å². The van der Waals surface area contributed by atoms with E-state index in [1.54, 1.807) is 6.07 Å². The van der Waals surface area contributed by atoms with Crippen LogP contribution >= 0.6 is 0 Å². The molecule has 5 heteroatoms. The molecule has 2 aromatic rings. The molecule has 0 radical (unpaired) electrons. The fourth-order valence-electron chi connectivity index (χ4n) is 3.94. The maximum atomic E-state index is 12.0. The summed E-state index contributed by atoms with van der Waals surface area (Å²) in [7, 11) is 0. The van der Waals surface area contributed by atoms with Gasteiger partial charge in [-0.2, -0.15) is 0 Å². The summed E-state index contributed by atoms with van der Waals surface area (Å²) >= 11 is 0. The van der Waals surface area contributed by atoms with E-state index in [4.69, 9.17) is 4.99 Å². The molecule has 164 valence electrons. The van der Waals surface area contributed by atoms with Crippen molar-refractivity contribution < 1.29 is 15.0 Å². The van der Waals surface area contributed by atoms with Crippen LogP contribution in [-0.4, -0.2) is 34.4 Å². The maximum Gasteiger partial charge on any atom is 0.220 e. The minimum Gasteiger partial charge on any atom is -0.504 e. The van der Waals surface area contributed by atoms with E-state index in [1.807, 2.05) is 36.6 Å².